The second-order valence-electron chi connectivity index (χ2n) is 6.34. The highest BCUT2D eigenvalue weighted by molar-refractivity contribution is 8.00. The van der Waals surface area contributed by atoms with Crippen molar-refractivity contribution in [3.63, 3.8) is 0 Å². The molecule has 0 radical (unpaired) electrons. The summed E-state index contributed by atoms with van der Waals surface area (Å²) in [6.45, 7) is 0. The molecule has 4 heteroatoms. The lowest BCUT2D eigenvalue weighted by atomic mass is 10.0. The minimum atomic E-state index is -0.293. The lowest BCUT2D eigenvalue weighted by molar-refractivity contribution is 0.103. The summed E-state index contributed by atoms with van der Waals surface area (Å²) >= 11 is 1.58. The van der Waals surface area contributed by atoms with Crippen LogP contribution in [0.15, 0.2) is 83.3 Å². The van der Waals surface area contributed by atoms with E-state index in [-0.39, 0.29) is 16.9 Å². The first-order chi connectivity index (χ1) is 12.7. The Morgan fingerprint density at radius 3 is 2.50 bits per heavy atom. The molecular formula is C22H14FNOS. The minimum Gasteiger partial charge on any atom is -0.354 e. The minimum absolute atomic E-state index is 0.0117. The van der Waals surface area contributed by atoms with Crippen LogP contribution in [0.2, 0.25) is 0 Å². The molecule has 0 amide bonds. The molecule has 0 bridgehead atoms. The van der Waals surface area contributed by atoms with Gasteiger partial charge in [-0.25, -0.2) is 4.39 Å². The maximum Gasteiger partial charge on any atom is 0.193 e. The highest BCUT2D eigenvalue weighted by atomic mass is 32.2. The Bertz CT molecular complexity index is 1090. The number of Topliss-reactive ketones (excluding diaryl/α,β-unsaturated/α-hetero) is 1. The Labute approximate surface area is 154 Å². The number of carbonyl (C=O) groups excluding carboxylic acids is 1. The van der Waals surface area contributed by atoms with Crippen LogP contribution in [-0.4, -0.2) is 5.78 Å². The monoisotopic (exact) mass is 359 g/mol. The Balaban J connectivity index is 1.76. The van der Waals surface area contributed by atoms with Gasteiger partial charge >= 0.3 is 0 Å². The highest BCUT2D eigenvalue weighted by Gasteiger charge is 2.38. The van der Waals surface area contributed by atoms with E-state index in [0.29, 0.717) is 11.1 Å². The van der Waals surface area contributed by atoms with Crippen LogP contribution < -0.4 is 5.32 Å². The van der Waals surface area contributed by atoms with Gasteiger partial charge in [-0.15, -0.1) is 11.8 Å². The van der Waals surface area contributed by atoms with E-state index in [1.54, 1.807) is 17.8 Å². The van der Waals surface area contributed by atoms with Gasteiger partial charge in [-0.3, -0.25) is 4.79 Å². The predicted octanol–water partition coefficient (Wildman–Crippen LogP) is 5.69. The fourth-order valence-electron chi connectivity index (χ4n) is 3.59. The zero-order chi connectivity index (χ0) is 17.7. The number of anilines is 1. The van der Waals surface area contributed by atoms with Crippen molar-refractivity contribution in [1.29, 1.82) is 0 Å². The van der Waals surface area contributed by atoms with Gasteiger partial charge < -0.3 is 5.32 Å². The summed E-state index contributed by atoms with van der Waals surface area (Å²) in [6, 6.07) is 22.1. The van der Waals surface area contributed by atoms with Crippen LogP contribution in [0, 0.1) is 5.82 Å². The fourth-order valence-corrected chi connectivity index (χ4v) is 4.87. The van der Waals surface area contributed by atoms with Gasteiger partial charge in [0.25, 0.3) is 0 Å². The molecule has 0 fully saturated rings. The topological polar surface area (TPSA) is 29.1 Å². The van der Waals surface area contributed by atoms with Crippen molar-refractivity contribution in [2.75, 3.05) is 5.32 Å². The second-order valence-corrected chi connectivity index (χ2v) is 7.48. The lowest BCUT2D eigenvalue weighted by Crippen LogP contribution is -2.07. The standard InChI is InChI=1S/C22H14FNOS/c23-14-7-5-6-13(12-14)22-19-20(15-8-1-2-9-16(15)21(19)25)24-17-10-3-4-11-18(17)26-22/h1-12,22,24H. The summed E-state index contributed by atoms with van der Waals surface area (Å²) in [7, 11) is 0. The van der Waals surface area contributed by atoms with Crippen molar-refractivity contribution in [2.45, 2.75) is 10.1 Å². The third kappa shape index (κ3) is 2.30. The first kappa shape index (κ1) is 15.4. The summed E-state index contributed by atoms with van der Waals surface area (Å²) in [4.78, 5) is 14.2. The number of carbonyl (C=O) groups is 1. The van der Waals surface area contributed by atoms with Gasteiger partial charge in [0.2, 0.25) is 0 Å². The average molecular weight is 359 g/mol. The molecule has 0 saturated heterocycles. The maximum absolute atomic E-state index is 13.9. The smallest absolute Gasteiger partial charge is 0.193 e. The molecule has 3 aromatic rings. The summed E-state index contributed by atoms with van der Waals surface area (Å²) in [5.74, 6) is -0.281. The van der Waals surface area contributed by atoms with Gasteiger partial charge in [0.05, 0.1) is 16.6 Å². The molecule has 0 aromatic heterocycles. The van der Waals surface area contributed by atoms with Crippen LogP contribution in [0.5, 0.6) is 0 Å². The number of ketones is 1. The zero-order valence-electron chi connectivity index (χ0n) is 13.7. The quantitative estimate of drug-likeness (QED) is 0.605. The van der Waals surface area contributed by atoms with Gasteiger partial charge in [0.15, 0.2) is 5.78 Å². The molecule has 1 N–H and O–H groups in total. The van der Waals surface area contributed by atoms with Gasteiger partial charge in [0.1, 0.15) is 5.82 Å². The zero-order valence-corrected chi connectivity index (χ0v) is 14.5. The number of halogens is 1. The molecule has 0 spiro atoms. The number of benzene rings is 3. The third-order valence-electron chi connectivity index (χ3n) is 4.76. The molecule has 1 heterocycles. The van der Waals surface area contributed by atoms with Gasteiger partial charge in [-0.2, -0.15) is 0 Å². The van der Waals surface area contributed by atoms with Gasteiger partial charge in [0, 0.05) is 21.6 Å². The van der Waals surface area contributed by atoms with Crippen molar-refractivity contribution >= 4 is 28.9 Å². The van der Waals surface area contributed by atoms with Crippen molar-refractivity contribution < 1.29 is 9.18 Å². The number of thioether (sulfide) groups is 1. The molecule has 1 unspecified atom stereocenters. The number of hydrogen-bond acceptors (Lipinski definition) is 3. The molecule has 126 valence electrons. The summed E-state index contributed by atoms with van der Waals surface area (Å²) in [6.07, 6.45) is 0. The number of fused-ring (bicyclic) bond motifs is 3. The van der Waals surface area contributed by atoms with E-state index in [4.69, 9.17) is 0 Å². The average Bonchev–Trinajstić information content (AvgIpc) is 2.83. The predicted molar refractivity (Wildman–Crippen MR) is 103 cm³/mol. The Morgan fingerprint density at radius 1 is 0.885 bits per heavy atom. The number of hydrogen-bond donors (Lipinski definition) is 1. The molecule has 5 rings (SSSR count). The number of nitrogens with one attached hydrogen (secondary N) is 1. The highest BCUT2D eigenvalue weighted by Crippen LogP contribution is 2.52. The Kier molecular flexibility index (Phi) is 3.47. The molecule has 1 aliphatic heterocycles. The van der Waals surface area contributed by atoms with Crippen LogP contribution in [0.3, 0.4) is 0 Å². The third-order valence-corrected chi connectivity index (χ3v) is 6.11. The fraction of sp³-hybridized carbons (Fsp3) is 0.0455. The lowest BCUT2D eigenvalue weighted by Gasteiger charge is -2.17. The SMILES string of the molecule is O=C1C2=C(Nc3ccccc3SC2c2cccc(F)c2)c2ccccc21. The van der Waals surface area contributed by atoms with Crippen molar-refractivity contribution in [1.82, 2.24) is 0 Å². The summed E-state index contributed by atoms with van der Waals surface area (Å²) < 4.78 is 13.9. The molecule has 0 saturated carbocycles. The maximum atomic E-state index is 13.9. The van der Waals surface area contributed by atoms with Crippen LogP contribution in [0.4, 0.5) is 10.1 Å². The van der Waals surface area contributed by atoms with E-state index in [0.717, 1.165) is 27.4 Å². The van der Waals surface area contributed by atoms with E-state index in [9.17, 15) is 9.18 Å². The van der Waals surface area contributed by atoms with E-state index in [1.165, 1.54) is 12.1 Å². The van der Waals surface area contributed by atoms with E-state index < -0.39 is 0 Å². The van der Waals surface area contributed by atoms with Crippen molar-refractivity contribution in [3.05, 3.63) is 101 Å². The summed E-state index contributed by atoms with van der Waals surface area (Å²) in [5.41, 5.74) is 4.89. The van der Waals surface area contributed by atoms with E-state index in [2.05, 4.69) is 5.32 Å². The second kappa shape index (κ2) is 5.85. The van der Waals surface area contributed by atoms with Crippen LogP contribution in [-0.2, 0) is 0 Å². The van der Waals surface area contributed by atoms with Crippen molar-refractivity contribution in [2.24, 2.45) is 0 Å². The van der Waals surface area contributed by atoms with E-state index in [1.807, 2.05) is 54.6 Å². The van der Waals surface area contributed by atoms with Crippen LogP contribution in [0.1, 0.15) is 26.7 Å². The molecule has 1 atom stereocenters. The summed E-state index contributed by atoms with van der Waals surface area (Å²) in [5, 5.41) is 3.20. The first-order valence-electron chi connectivity index (χ1n) is 8.39. The molecule has 2 nitrogen and oxygen atoms in total. The van der Waals surface area contributed by atoms with Crippen LogP contribution >= 0.6 is 11.8 Å². The molecule has 26 heavy (non-hydrogen) atoms. The number of rotatable bonds is 1. The van der Waals surface area contributed by atoms with Crippen molar-refractivity contribution in [3.8, 4) is 0 Å². The molecule has 2 aliphatic rings. The molecule has 1 aliphatic carbocycles. The molecular weight excluding hydrogens is 345 g/mol. The number of para-hydroxylation sites is 1. The largest absolute Gasteiger partial charge is 0.354 e. The Hall–Kier alpha value is -2.85. The first-order valence-corrected chi connectivity index (χ1v) is 9.27. The molecule has 3 aromatic carbocycles. The Morgan fingerprint density at radius 2 is 1.65 bits per heavy atom. The van der Waals surface area contributed by atoms with Crippen LogP contribution in [0.25, 0.3) is 5.70 Å². The normalized spacial score (nSPS) is 17.9. The van der Waals surface area contributed by atoms with E-state index >= 15 is 0 Å². The van der Waals surface area contributed by atoms with Gasteiger partial charge in [-0.1, -0.05) is 48.5 Å². The van der Waals surface area contributed by atoms with Gasteiger partial charge in [-0.05, 0) is 29.8 Å².